The van der Waals surface area contributed by atoms with Crippen LogP contribution in [0.2, 0.25) is 0 Å². The summed E-state index contributed by atoms with van der Waals surface area (Å²) in [6.07, 6.45) is 3.07. The predicted octanol–water partition coefficient (Wildman–Crippen LogP) is 3.28. The van der Waals surface area contributed by atoms with Crippen LogP contribution in [0.25, 0.3) is 0 Å². The van der Waals surface area contributed by atoms with E-state index >= 15 is 0 Å². The van der Waals surface area contributed by atoms with E-state index in [4.69, 9.17) is 0 Å². The quantitative estimate of drug-likeness (QED) is 0.911. The Morgan fingerprint density at radius 1 is 1.37 bits per heavy atom. The van der Waals surface area contributed by atoms with Gasteiger partial charge < -0.3 is 10.6 Å². The molecule has 0 saturated carbocycles. The highest BCUT2D eigenvalue weighted by molar-refractivity contribution is 9.10. The van der Waals surface area contributed by atoms with Crippen molar-refractivity contribution < 1.29 is 9.18 Å². The molecule has 0 spiro atoms. The maximum Gasteiger partial charge on any atom is 0.259 e. The van der Waals surface area contributed by atoms with Crippen LogP contribution in [0.4, 0.5) is 15.8 Å². The highest BCUT2D eigenvalue weighted by Gasteiger charge is 2.11. The molecule has 0 aliphatic carbocycles. The normalized spacial score (nSPS) is 10.1. The van der Waals surface area contributed by atoms with Gasteiger partial charge in [-0.25, -0.2) is 4.39 Å². The number of aromatic nitrogens is 1. The van der Waals surface area contributed by atoms with Crippen LogP contribution < -0.4 is 10.6 Å². The Balaban J connectivity index is 2.23. The topological polar surface area (TPSA) is 54.0 Å². The van der Waals surface area contributed by atoms with Gasteiger partial charge in [0.1, 0.15) is 5.82 Å². The lowest BCUT2D eigenvalue weighted by Gasteiger charge is -2.09. The fraction of sp³-hybridized carbons (Fsp3) is 0.0769. The standard InChI is InChI=1S/C13H11BrFN3O/c1-16-12-4-5-17-7-9(12)13(19)18-8-2-3-11(15)10(14)6-8/h2-7H,1H3,(H,16,17)(H,18,19). The molecule has 98 valence electrons. The minimum Gasteiger partial charge on any atom is -0.387 e. The number of rotatable bonds is 3. The number of nitrogens with zero attached hydrogens (tertiary/aromatic N) is 1. The highest BCUT2D eigenvalue weighted by Crippen LogP contribution is 2.21. The van der Waals surface area contributed by atoms with E-state index in [1.54, 1.807) is 19.3 Å². The minimum atomic E-state index is -0.379. The Hall–Kier alpha value is -1.95. The fourth-order valence-corrected chi connectivity index (χ4v) is 1.94. The molecular weight excluding hydrogens is 313 g/mol. The summed E-state index contributed by atoms with van der Waals surface area (Å²) in [4.78, 5) is 16.0. The molecule has 0 bridgehead atoms. The number of hydrogen-bond donors (Lipinski definition) is 2. The summed E-state index contributed by atoms with van der Waals surface area (Å²) in [6, 6.07) is 5.98. The van der Waals surface area contributed by atoms with Crippen LogP contribution in [-0.4, -0.2) is 17.9 Å². The fourth-order valence-electron chi connectivity index (χ4n) is 1.57. The lowest BCUT2D eigenvalue weighted by molar-refractivity contribution is 0.102. The third-order valence-electron chi connectivity index (χ3n) is 2.51. The molecule has 1 amide bonds. The Labute approximate surface area is 118 Å². The van der Waals surface area contributed by atoms with Crippen LogP contribution in [0.1, 0.15) is 10.4 Å². The van der Waals surface area contributed by atoms with Crippen LogP contribution >= 0.6 is 15.9 Å². The second kappa shape index (κ2) is 5.79. The van der Waals surface area contributed by atoms with E-state index in [9.17, 15) is 9.18 Å². The van der Waals surface area contributed by atoms with Crippen molar-refractivity contribution in [3.63, 3.8) is 0 Å². The summed E-state index contributed by atoms with van der Waals surface area (Å²) in [5, 5.41) is 5.60. The highest BCUT2D eigenvalue weighted by atomic mass is 79.9. The van der Waals surface area contributed by atoms with Gasteiger partial charge in [-0.15, -0.1) is 0 Å². The molecule has 2 rings (SSSR count). The first-order valence-electron chi connectivity index (χ1n) is 5.50. The number of carbonyl (C=O) groups excluding carboxylic acids is 1. The summed E-state index contributed by atoms with van der Waals surface area (Å²) in [7, 11) is 1.72. The van der Waals surface area contributed by atoms with Gasteiger partial charge in [0.05, 0.1) is 10.0 Å². The molecule has 0 radical (unpaired) electrons. The number of hydrogen-bond acceptors (Lipinski definition) is 3. The molecule has 2 N–H and O–H groups in total. The average molecular weight is 324 g/mol. The van der Waals surface area contributed by atoms with E-state index in [1.165, 1.54) is 24.4 Å². The van der Waals surface area contributed by atoms with Gasteiger partial charge >= 0.3 is 0 Å². The lowest BCUT2D eigenvalue weighted by Crippen LogP contribution is -2.14. The predicted molar refractivity (Wildman–Crippen MR) is 75.8 cm³/mol. The van der Waals surface area contributed by atoms with Crippen molar-refractivity contribution in [2.45, 2.75) is 0 Å². The number of amides is 1. The van der Waals surface area contributed by atoms with Crippen LogP contribution in [0.3, 0.4) is 0 Å². The lowest BCUT2D eigenvalue weighted by atomic mass is 10.2. The van der Waals surface area contributed by atoms with Crippen molar-refractivity contribution >= 4 is 33.2 Å². The molecular formula is C13H11BrFN3O. The first-order chi connectivity index (χ1) is 9.11. The molecule has 0 saturated heterocycles. The summed E-state index contributed by atoms with van der Waals surface area (Å²) in [5.41, 5.74) is 1.60. The number of benzene rings is 1. The second-order valence-electron chi connectivity index (χ2n) is 3.75. The van der Waals surface area contributed by atoms with Crippen molar-refractivity contribution in [1.29, 1.82) is 0 Å². The molecule has 6 heteroatoms. The maximum atomic E-state index is 13.1. The molecule has 0 atom stereocenters. The Bertz CT molecular complexity index is 619. The van der Waals surface area contributed by atoms with Gasteiger partial charge in [-0.3, -0.25) is 9.78 Å². The van der Waals surface area contributed by atoms with E-state index in [0.29, 0.717) is 21.4 Å². The summed E-state index contributed by atoms with van der Waals surface area (Å²) >= 11 is 3.07. The zero-order valence-corrected chi connectivity index (χ0v) is 11.7. The first-order valence-corrected chi connectivity index (χ1v) is 6.29. The number of anilines is 2. The molecule has 0 unspecified atom stereocenters. The van der Waals surface area contributed by atoms with Gasteiger partial charge in [-0.2, -0.15) is 0 Å². The first kappa shape index (κ1) is 13.5. The van der Waals surface area contributed by atoms with E-state index in [1.807, 2.05) is 0 Å². The number of halogens is 2. The van der Waals surface area contributed by atoms with Gasteiger partial charge in [-0.05, 0) is 40.2 Å². The van der Waals surface area contributed by atoms with Crippen LogP contribution in [0.15, 0.2) is 41.1 Å². The Morgan fingerprint density at radius 3 is 2.84 bits per heavy atom. The van der Waals surface area contributed by atoms with Crippen molar-refractivity contribution in [1.82, 2.24) is 4.98 Å². The monoisotopic (exact) mass is 323 g/mol. The van der Waals surface area contributed by atoms with E-state index < -0.39 is 0 Å². The number of nitrogens with one attached hydrogen (secondary N) is 2. The van der Waals surface area contributed by atoms with Gasteiger partial charge in [0.15, 0.2) is 0 Å². The molecule has 0 aliphatic rings. The SMILES string of the molecule is CNc1ccncc1C(=O)Nc1ccc(F)c(Br)c1. The molecule has 0 aliphatic heterocycles. The molecule has 1 aromatic carbocycles. The van der Waals surface area contributed by atoms with Gasteiger partial charge in [-0.1, -0.05) is 0 Å². The number of pyridine rings is 1. The molecule has 0 fully saturated rings. The van der Waals surface area contributed by atoms with E-state index in [2.05, 4.69) is 31.5 Å². The molecule has 1 heterocycles. The van der Waals surface area contributed by atoms with Gasteiger partial charge in [0, 0.05) is 30.8 Å². The zero-order valence-electron chi connectivity index (χ0n) is 10.1. The van der Waals surface area contributed by atoms with Crippen molar-refractivity contribution in [3.8, 4) is 0 Å². The third-order valence-corrected chi connectivity index (χ3v) is 3.12. The summed E-state index contributed by atoms with van der Waals surface area (Å²) in [6.45, 7) is 0. The van der Waals surface area contributed by atoms with Crippen LogP contribution in [-0.2, 0) is 0 Å². The van der Waals surface area contributed by atoms with Crippen molar-refractivity contribution in [2.75, 3.05) is 17.7 Å². The van der Waals surface area contributed by atoms with E-state index in [0.717, 1.165) is 0 Å². The number of carbonyl (C=O) groups is 1. The molecule has 1 aromatic heterocycles. The maximum absolute atomic E-state index is 13.1. The van der Waals surface area contributed by atoms with Crippen LogP contribution in [0.5, 0.6) is 0 Å². The summed E-state index contributed by atoms with van der Waals surface area (Å²) in [5.74, 6) is -0.689. The molecule has 2 aromatic rings. The minimum absolute atomic E-state index is 0.297. The van der Waals surface area contributed by atoms with Gasteiger partial charge in [0.2, 0.25) is 0 Å². The Morgan fingerprint density at radius 2 is 2.16 bits per heavy atom. The summed E-state index contributed by atoms with van der Waals surface area (Å²) < 4.78 is 13.4. The smallest absolute Gasteiger partial charge is 0.259 e. The van der Waals surface area contributed by atoms with Crippen molar-refractivity contribution in [3.05, 3.63) is 52.5 Å². The van der Waals surface area contributed by atoms with E-state index in [-0.39, 0.29) is 11.7 Å². The largest absolute Gasteiger partial charge is 0.387 e. The molecule has 19 heavy (non-hydrogen) atoms. The zero-order chi connectivity index (χ0) is 13.8. The van der Waals surface area contributed by atoms with Crippen LogP contribution in [0, 0.1) is 5.82 Å². The van der Waals surface area contributed by atoms with Crippen molar-refractivity contribution in [2.24, 2.45) is 0 Å². The molecule has 4 nitrogen and oxygen atoms in total. The Kier molecular flexibility index (Phi) is 4.11. The average Bonchev–Trinajstić information content (AvgIpc) is 2.43. The second-order valence-corrected chi connectivity index (χ2v) is 4.61. The van der Waals surface area contributed by atoms with Gasteiger partial charge in [0.25, 0.3) is 5.91 Å². The third kappa shape index (κ3) is 3.08.